The van der Waals surface area contributed by atoms with Crippen LogP contribution in [0.1, 0.15) is 5.56 Å². The van der Waals surface area contributed by atoms with E-state index in [1.807, 2.05) is 30.3 Å². The zero-order valence-corrected chi connectivity index (χ0v) is 15.9. The first-order chi connectivity index (χ1) is 12.5. The van der Waals surface area contributed by atoms with Crippen molar-refractivity contribution < 1.29 is 8.42 Å². The molecule has 0 unspecified atom stereocenters. The van der Waals surface area contributed by atoms with Crippen LogP contribution in [-0.4, -0.2) is 63.0 Å². The van der Waals surface area contributed by atoms with Gasteiger partial charge in [-0.1, -0.05) is 12.1 Å². The number of hydrogen-bond acceptors (Lipinski definition) is 6. The molecular formula is C17H24N6O2S. The molecule has 0 saturated carbocycles. The third kappa shape index (κ3) is 4.29. The van der Waals surface area contributed by atoms with E-state index in [1.165, 1.54) is 14.1 Å². The number of anilines is 2. The van der Waals surface area contributed by atoms with Gasteiger partial charge in [0.15, 0.2) is 0 Å². The molecule has 3 heterocycles. The van der Waals surface area contributed by atoms with Gasteiger partial charge in [0.1, 0.15) is 11.6 Å². The summed E-state index contributed by atoms with van der Waals surface area (Å²) >= 11 is 0. The van der Waals surface area contributed by atoms with Crippen LogP contribution < -0.4 is 14.5 Å². The highest BCUT2D eigenvalue weighted by Crippen LogP contribution is 2.21. The van der Waals surface area contributed by atoms with Gasteiger partial charge in [-0.25, -0.2) is 9.97 Å². The van der Waals surface area contributed by atoms with E-state index in [0.717, 1.165) is 47.7 Å². The first kappa shape index (κ1) is 18.6. The first-order valence-electron chi connectivity index (χ1n) is 8.49. The Kier molecular flexibility index (Phi) is 5.70. The van der Waals surface area contributed by atoms with Crippen molar-refractivity contribution >= 4 is 21.8 Å². The van der Waals surface area contributed by atoms with Gasteiger partial charge in [-0.15, -0.1) is 0 Å². The number of nitrogens with one attached hydrogen (secondary N) is 1. The van der Waals surface area contributed by atoms with E-state index < -0.39 is 10.2 Å². The molecule has 3 rings (SSSR count). The van der Waals surface area contributed by atoms with Crippen molar-refractivity contribution in [3.05, 3.63) is 48.3 Å². The zero-order valence-electron chi connectivity index (χ0n) is 15.0. The summed E-state index contributed by atoms with van der Waals surface area (Å²) in [4.78, 5) is 13.3. The van der Waals surface area contributed by atoms with Crippen molar-refractivity contribution in [3.63, 3.8) is 0 Å². The molecule has 26 heavy (non-hydrogen) atoms. The van der Waals surface area contributed by atoms with E-state index in [4.69, 9.17) is 0 Å². The van der Waals surface area contributed by atoms with E-state index in [9.17, 15) is 8.42 Å². The van der Waals surface area contributed by atoms with Gasteiger partial charge in [0.2, 0.25) is 0 Å². The molecule has 9 heteroatoms. The van der Waals surface area contributed by atoms with E-state index in [-0.39, 0.29) is 6.54 Å². The molecule has 2 aromatic rings. The summed E-state index contributed by atoms with van der Waals surface area (Å²) in [5.41, 5.74) is 0.865. The van der Waals surface area contributed by atoms with Gasteiger partial charge in [0.05, 0.1) is 0 Å². The van der Waals surface area contributed by atoms with Crippen LogP contribution in [0.3, 0.4) is 0 Å². The highest BCUT2D eigenvalue weighted by molar-refractivity contribution is 7.87. The minimum Gasteiger partial charge on any atom is -0.353 e. The Morgan fingerprint density at radius 2 is 1.69 bits per heavy atom. The normalized spacial score (nSPS) is 15.5. The molecule has 1 fully saturated rings. The van der Waals surface area contributed by atoms with Crippen LogP contribution in [-0.2, 0) is 16.8 Å². The Morgan fingerprint density at radius 3 is 2.35 bits per heavy atom. The van der Waals surface area contributed by atoms with Gasteiger partial charge >= 0.3 is 0 Å². The van der Waals surface area contributed by atoms with Crippen LogP contribution in [0, 0.1) is 0 Å². The first-order valence-corrected chi connectivity index (χ1v) is 9.93. The summed E-state index contributed by atoms with van der Waals surface area (Å²) in [6, 6.07) is 9.65. The third-order valence-electron chi connectivity index (χ3n) is 4.35. The van der Waals surface area contributed by atoms with Crippen LogP contribution in [0.25, 0.3) is 0 Å². The molecule has 8 nitrogen and oxygen atoms in total. The van der Waals surface area contributed by atoms with Gasteiger partial charge < -0.3 is 9.80 Å². The second kappa shape index (κ2) is 7.98. The molecule has 0 spiro atoms. The third-order valence-corrected chi connectivity index (χ3v) is 5.82. The topological polar surface area (TPSA) is 81.7 Å². The fourth-order valence-electron chi connectivity index (χ4n) is 2.84. The molecule has 1 aliphatic rings. The fourth-order valence-corrected chi connectivity index (χ4v) is 3.44. The number of pyridine rings is 2. The SMILES string of the molecule is CN(C)S(=O)(=O)NCc1cccnc1N1CCN(c2ccccn2)CC1. The second-order valence-electron chi connectivity index (χ2n) is 6.26. The van der Waals surface area contributed by atoms with Crippen LogP contribution >= 0.6 is 0 Å². The van der Waals surface area contributed by atoms with E-state index >= 15 is 0 Å². The smallest absolute Gasteiger partial charge is 0.279 e. The average molecular weight is 376 g/mol. The lowest BCUT2D eigenvalue weighted by molar-refractivity contribution is 0.505. The summed E-state index contributed by atoms with van der Waals surface area (Å²) in [5.74, 6) is 1.81. The van der Waals surface area contributed by atoms with E-state index in [1.54, 1.807) is 12.4 Å². The maximum absolute atomic E-state index is 12.0. The van der Waals surface area contributed by atoms with Gasteiger partial charge in [0, 0.05) is 64.8 Å². The Hall–Kier alpha value is -2.23. The Bertz CT molecular complexity index is 820. The van der Waals surface area contributed by atoms with Crippen molar-refractivity contribution in [2.45, 2.75) is 6.54 Å². The van der Waals surface area contributed by atoms with E-state index in [2.05, 4.69) is 24.5 Å². The molecular weight excluding hydrogens is 352 g/mol. The molecule has 1 aliphatic heterocycles. The van der Waals surface area contributed by atoms with Crippen molar-refractivity contribution in [1.29, 1.82) is 0 Å². The van der Waals surface area contributed by atoms with Crippen LogP contribution in [0.15, 0.2) is 42.7 Å². The van der Waals surface area contributed by atoms with Crippen molar-refractivity contribution in [2.75, 3.05) is 50.1 Å². The monoisotopic (exact) mass is 376 g/mol. The van der Waals surface area contributed by atoms with Crippen molar-refractivity contribution in [1.82, 2.24) is 19.0 Å². The summed E-state index contributed by atoms with van der Waals surface area (Å²) in [6.45, 7) is 3.51. The molecule has 1 N–H and O–H groups in total. The standard InChI is InChI=1S/C17H24N6O2S/c1-21(2)26(24,25)20-14-15-6-5-9-19-17(15)23-12-10-22(11-13-23)16-7-3-4-8-18-16/h3-9,20H,10-14H2,1-2H3. The fraction of sp³-hybridized carbons (Fsp3) is 0.412. The minimum atomic E-state index is -3.47. The molecule has 0 aliphatic carbocycles. The van der Waals surface area contributed by atoms with Crippen molar-refractivity contribution in [3.8, 4) is 0 Å². The number of hydrogen-bond donors (Lipinski definition) is 1. The van der Waals surface area contributed by atoms with Crippen molar-refractivity contribution in [2.24, 2.45) is 0 Å². The lowest BCUT2D eigenvalue weighted by Crippen LogP contribution is -2.47. The number of rotatable bonds is 6. The predicted octanol–water partition coefficient (Wildman–Crippen LogP) is 0.699. The highest BCUT2D eigenvalue weighted by Gasteiger charge is 2.21. The zero-order chi connectivity index (χ0) is 18.6. The van der Waals surface area contributed by atoms with Gasteiger partial charge in [-0.05, 0) is 18.2 Å². The minimum absolute atomic E-state index is 0.212. The molecule has 0 radical (unpaired) electrons. The van der Waals surface area contributed by atoms with Gasteiger partial charge in [-0.3, -0.25) is 0 Å². The summed E-state index contributed by atoms with van der Waals surface area (Å²) in [5, 5.41) is 0. The largest absolute Gasteiger partial charge is 0.353 e. The van der Waals surface area contributed by atoms with E-state index in [0.29, 0.717) is 0 Å². The van der Waals surface area contributed by atoms with Gasteiger partial charge in [0.25, 0.3) is 10.2 Å². The Labute approximate surface area is 154 Å². The Morgan fingerprint density at radius 1 is 1.00 bits per heavy atom. The Balaban J connectivity index is 1.67. The summed E-state index contributed by atoms with van der Waals surface area (Å²) in [7, 11) is -0.462. The van der Waals surface area contributed by atoms with Crippen LogP contribution in [0.4, 0.5) is 11.6 Å². The predicted molar refractivity (Wildman–Crippen MR) is 102 cm³/mol. The van der Waals surface area contributed by atoms with Gasteiger partial charge in [-0.2, -0.15) is 17.4 Å². The number of aromatic nitrogens is 2. The van der Waals surface area contributed by atoms with Crippen LogP contribution in [0.5, 0.6) is 0 Å². The summed E-state index contributed by atoms with van der Waals surface area (Å²) in [6.07, 6.45) is 3.54. The molecule has 140 valence electrons. The molecule has 0 atom stereocenters. The lowest BCUT2D eigenvalue weighted by atomic mass is 10.2. The number of piperazine rings is 1. The average Bonchev–Trinajstić information content (AvgIpc) is 2.67. The number of nitrogens with zero attached hydrogens (tertiary/aromatic N) is 5. The molecule has 0 aromatic carbocycles. The quantitative estimate of drug-likeness (QED) is 0.799. The molecule has 0 bridgehead atoms. The summed E-state index contributed by atoms with van der Waals surface area (Å²) < 4.78 is 27.7. The maximum atomic E-state index is 12.0. The molecule has 2 aromatic heterocycles. The highest BCUT2D eigenvalue weighted by atomic mass is 32.2. The molecule has 0 amide bonds. The lowest BCUT2D eigenvalue weighted by Gasteiger charge is -2.36. The maximum Gasteiger partial charge on any atom is 0.279 e. The second-order valence-corrected chi connectivity index (χ2v) is 8.23. The molecule has 1 saturated heterocycles. The van der Waals surface area contributed by atoms with Crippen LogP contribution in [0.2, 0.25) is 0 Å².